The third-order valence-corrected chi connectivity index (χ3v) is 2.06. The predicted molar refractivity (Wildman–Crippen MR) is 56.3 cm³/mol. The summed E-state index contributed by atoms with van der Waals surface area (Å²) in [5, 5.41) is 2.44. The van der Waals surface area contributed by atoms with Gasteiger partial charge in [-0.15, -0.1) is 0 Å². The molecule has 0 aromatic heterocycles. The van der Waals surface area contributed by atoms with Gasteiger partial charge < -0.3 is 10.1 Å². The fraction of sp³-hybridized carbons (Fsp3) is 0.455. The quantitative estimate of drug-likeness (QED) is 0.491. The number of benzene rings is 1. The highest BCUT2D eigenvalue weighted by Crippen LogP contribution is 2.18. The molecule has 0 atom stereocenters. The molecular formula is C11H11F6NO. The molecule has 108 valence electrons. The van der Waals surface area contributed by atoms with E-state index in [9.17, 15) is 26.3 Å². The number of ether oxygens (including phenoxy) is 1. The van der Waals surface area contributed by atoms with Crippen LogP contribution in [0.4, 0.5) is 32.0 Å². The Labute approximate surface area is 105 Å². The minimum atomic E-state index is -4.39. The van der Waals surface area contributed by atoms with Crippen LogP contribution < -0.4 is 5.32 Å². The lowest BCUT2D eigenvalue weighted by molar-refractivity contribution is -0.173. The van der Waals surface area contributed by atoms with E-state index in [2.05, 4.69) is 10.1 Å². The van der Waals surface area contributed by atoms with Gasteiger partial charge >= 0.3 is 6.18 Å². The average Bonchev–Trinajstić information content (AvgIpc) is 2.28. The predicted octanol–water partition coefficient (Wildman–Crippen LogP) is 3.48. The van der Waals surface area contributed by atoms with Crippen molar-refractivity contribution in [2.75, 3.05) is 25.1 Å². The first kappa shape index (κ1) is 15.6. The number of alkyl halides is 3. The van der Waals surface area contributed by atoms with Crippen LogP contribution in [0, 0.1) is 17.5 Å². The molecule has 0 unspecified atom stereocenters. The van der Waals surface area contributed by atoms with Crippen LogP contribution in [0.15, 0.2) is 12.1 Å². The summed E-state index contributed by atoms with van der Waals surface area (Å²) in [4.78, 5) is 0. The lowest BCUT2D eigenvalue weighted by Gasteiger charge is -2.09. The smallest absolute Gasteiger partial charge is 0.383 e. The van der Waals surface area contributed by atoms with Crippen LogP contribution in [0.1, 0.15) is 6.42 Å². The van der Waals surface area contributed by atoms with Crippen LogP contribution in [0.2, 0.25) is 0 Å². The normalized spacial score (nSPS) is 11.7. The highest BCUT2D eigenvalue weighted by Gasteiger charge is 2.27. The van der Waals surface area contributed by atoms with Crippen molar-refractivity contribution in [3.8, 4) is 0 Å². The lowest BCUT2D eigenvalue weighted by Crippen LogP contribution is -2.18. The summed E-state index contributed by atoms with van der Waals surface area (Å²) in [6, 6.07) is 1.03. The van der Waals surface area contributed by atoms with Crippen molar-refractivity contribution in [1.82, 2.24) is 0 Å². The van der Waals surface area contributed by atoms with E-state index in [1.54, 1.807) is 0 Å². The Morgan fingerprint density at radius 2 is 1.63 bits per heavy atom. The Morgan fingerprint density at radius 1 is 1.00 bits per heavy atom. The number of halogens is 6. The first-order chi connectivity index (χ1) is 8.79. The second kappa shape index (κ2) is 6.65. The molecule has 19 heavy (non-hydrogen) atoms. The first-order valence-electron chi connectivity index (χ1n) is 5.32. The fourth-order valence-corrected chi connectivity index (χ4v) is 1.24. The molecule has 0 bridgehead atoms. The van der Waals surface area contributed by atoms with Crippen LogP contribution >= 0.6 is 0 Å². The van der Waals surface area contributed by atoms with E-state index in [-0.39, 0.29) is 25.3 Å². The van der Waals surface area contributed by atoms with Gasteiger partial charge in [-0.25, -0.2) is 13.2 Å². The van der Waals surface area contributed by atoms with Gasteiger partial charge in [0.1, 0.15) is 12.4 Å². The van der Waals surface area contributed by atoms with Crippen molar-refractivity contribution < 1.29 is 31.1 Å². The minimum absolute atomic E-state index is 0.0693. The van der Waals surface area contributed by atoms with Crippen LogP contribution in [-0.4, -0.2) is 25.9 Å². The van der Waals surface area contributed by atoms with E-state index < -0.39 is 30.2 Å². The van der Waals surface area contributed by atoms with Crippen molar-refractivity contribution in [2.45, 2.75) is 12.6 Å². The van der Waals surface area contributed by atoms with Gasteiger partial charge in [-0.1, -0.05) is 0 Å². The second-order valence-electron chi connectivity index (χ2n) is 3.69. The zero-order valence-corrected chi connectivity index (χ0v) is 9.66. The molecule has 1 aromatic rings. The number of rotatable bonds is 6. The molecule has 0 saturated heterocycles. The molecule has 1 N–H and O–H groups in total. The zero-order chi connectivity index (χ0) is 14.5. The van der Waals surface area contributed by atoms with E-state index in [0.717, 1.165) is 0 Å². The molecule has 1 rings (SSSR count). The summed E-state index contributed by atoms with van der Waals surface area (Å²) in [5.41, 5.74) is -0.255. The van der Waals surface area contributed by atoms with E-state index >= 15 is 0 Å². The molecule has 0 aliphatic heterocycles. The van der Waals surface area contributed by atoms with Crippen molar-refractivity contribution in [2.24, 2.45) is 0 Å². The monoisotopic (exact) mass is 287 g/mol. The number of hydrogen-bond donors (Lipinski definition) is 1. The van der Waals surface area contributed by atoms with Crippen molar-refractivity contribution in [1.29, 1.82) is 0 Å². The maximum absolute atomic E-state index is 13.1. The highest BCUT2D eigenvalue weighted by atomic mass is 19.4. The summed E-state index contributed by atoms with van der Waals surface area (Å²) in [6.07, 6.45) is -4.23. The summed E-state index contributed by atoms with van der Waals surface area (Å²) >= 11 is 0. The third-order valence-electron chi connectivity index (χ3n) is 2.06. The van der Waals surface area contributed by atoms with E-state index in [0.29, 0.717) is 12.1 Å². The Kier molecular flexibility index (Phi) is 5.46. The van der Waals surface area contributed by atoms with E-state index in [1.165, 1.54) is 0 Å². The maximum atomic E-state index is 13.1. The molecule has 0 spiro atoms. The van der Waals surface area contributed by atoms with Gasteiger partial charge in [-0.05, 0) is 6.42 Å². The van der Waals surface area contributed by atoms with Gasteiger partial charge in [0.15, 0.2) is 11.6 Å². The third kappa shape index (κ3) is 5.82. The van der Waals surface area contributed by atoms with Gasteiger partial charge in [0.25, 0.3) is 0 Å². The SMILES string of the molecule is Fc1cc(F)c(NCCCOCC(F)(F)F)cc1F. The molecular weight excluding hydrogens is 276 g/mol. The van der Waals surface area contributed by atoms with E-state index in [1.807, 2.05) is 0 Å². The second-order valence-corrected chi connectivity index (χ2v) is 3.69. The lowest BCUT2D eigenvalue weighted by atomic mass is 10.2. The van der Waals surface area contributed by atoms with Crippen molar-refractivity contribution in [3.05, 3.63) is 29.6 Å². The largest absolute Gasteiger partial charge is 0.411 e. The summed E-state index contributed by atoms with van der Waals surface area (Å²) < 4.78 is 77.9. The van der Waals surface area contributed by atoms with E-state index in [4.69, 9.17) is 0 Å². The molecule has 0 aliphatic rings. The molecule has 2 nitrogen and oxygen atoms in total. The Morgan fingerprint density at radius 3 is 2.26 bits per heavy atom. The minimum Gasteiger partial charge on any atom is -0.383 e. The van der Waals surface area contributed by atoms with Gasteiger partial charge in [0.2, 0.25) is 0 Å². The molecule has 0 aliphatic carbocycles. The van der Waals surface area contributed by atoms with Crippen molar-refractivity contribution >= 4 is 5.69 Å². The van der Waals surface area contributed by atoms with Crippen LogP contribution in [0.3, 0.4) is 0 Å². The molecule has 0 fully saturated rings. The molecule has 0 amide bonds. The average molecular weight is 287 g/mol. The summed E-state index contributed by atoms with van der Waals surface area (Å²) in [6.45, 7) is -1.47. The van der Waals surface area contributed by atoms with Crippen LogP contribution in [-0.2, 0) is 4.74 Å². The molecule has 1 aromatic carbocycles. The van der Waals surface area contributed by atoms with Gasteiger partial charge in [0, 0.05) is 25.3 Å². The van der Waals surface area contributed by atoms with Gasteiger partial charge in [-0.2, -0.15) is 13.2 Å². The first-order valence-corrected chi connectivity index (χ1v) is 5.32. The maximum Gasteiger partial charge on any atom is 0.411 e. The van der Waals surface area contributed by atoms with Crippen LogP contribution in [0.25, 0.3) is 0 Å². The van der Waals surface area contributed by atoms with Gasteiger partial charge in [-0.3, -0.25) is 0 Å². The summed E-state index contributed by atoms with van der Waals surface area (Å²) in [5.74, 6) is -3.50. The molecule has 0 heterocycles. The fourth-order valence-electron chi connectivity index (χ4n) is 1.24. The highest BCUT2D eigenvalue weighted by molar-refractivity contribution is 5.45. The Balaban J connectivity index is 2.28. The number of anilines is 1. The summed E-state index contributed by atoms with van der Waals surface area (Å²) in [7, 11) is 0. The molecule has 0 saturated carbocycles. The Bertz CT molecular complexity index is 420. The molecule has 0 radical (unpaired) electrons. The Hall–Kier alpha value is -1.44. The van der Waals surface area contributed by atoms with Gasteiger partial charge in [0.05, 0.1) is 5.69 Å². The van der Waals surface area contributed by atoms with Crippen molar-refractivity contribution in [3.63, 3.8) is 0 Å². The molecule has 8 heteroatoms. The van der Waals surface area contributed by atoms with Crippen LogP contribution in [0.5, 0.6) is 0 Å². The number of hydrogen-bond acceptors (Lipinski definition) is 2. The topological polar surface area (TPSA) is 21.3 Å². The standard InChI is InChI=1S/C11H11F6NO/c12-7-4-9(14)10(5-8(7)13)18-2-1-3-19-6-11(15,16)17/h4-5,18H,1-3,6H2. The number of nitrogens with one attached hydrogen (secondary N) is 1. The zero-order valence-electron chi connectivity index (χ0n) is 9.66.